The van der Waals surface area contributed by atoms with E-state index in [1.807, 2.05) is 0 Å². The number of rotatable bonds is 7. The topological polar surface area (TPSA) is 145 Å². The molecule has 0 radical (unpaired) electrons. The van der Waals surface area contributed by atoms with Crippen molar-refractivity contribution in [1.82, 2.24) is 35.3 Å². The standard InChI is InChI=1S/C20H21N9O3/c1-11-27-28-19(32-11)13-6-5-7-15(16(13)31-4)25-17-14(18(30)21-2)9-22-20(26-17)24-12-8-23-29(3)10-12/h5-10H,1-4H3,(H,21,30)(H2,22,24,25,26). The van der Waals surface area contributed by atoms with Gasteiger partial charge in [0.1, 0.15) is 11.4 Å². The first kappa shape index (κ1) is 20.8. The fourth-order valence-electron chi connectivity index (χ4n) is 3.01. The Morgan fingerprint density at radius 3 is 2.69 bits per heavy atom. The molecule has 3 aromatic heterocycles. The molecule has 0 aliphatic rings. The highest BCUT2D eigenvalue weighted by Gasteiger charge is 2.19. The van der Waals surface area contributed by atoms with Gasteiger partial charge in [-0.15, -0.1) is 10.2 Å². The van der Waals surface area contributed by atoms with Crippen LogP contribution in [0.5, 0.6) is 5.75 Å². The molecule has 0 bridgehead atoms. The summed E-state index contributed by atoms with van der Waals surface area (Å²) in [4.78, 5) is 21.1. The van der Waals surface area contributed by atoms with Crippen LogP contribution < -0.4 is 20.7 Å². The number of aromatic nitrogens is 6. The monoisotopic (exact) mass is 435 g/mol. The second-order valence-electron chi connectivity index (χ2n) is 6.70. The molecule has 3 heterocycles. The van der Waals surface area contributed by atoms with Gasteiger partial charge in [0.05, 0.1) is 30.2 Å². The first-order valence-electron chi connectivity index (χ1n) is 9.57. The molecule has 3 N–H and O–H groups in total. The number of carbonyl (C=O) groups is 1. The summed E-state index contributed by atoms with van der Waals surface area (Å²) < 4.78 is 12.8. The highest BCUT2D eigenvalue weighted by molar-refractivity contribution is 5.99. The van der Waals surface area contributed by atoms with Crippen LogP contribution in [0.15, 0.2) is 41.2 Å². The summed E-state index contributed by atoms with van der Waals surface area (Å²) in [5.41, 5.74) is 2.11. The minimum Gasteiger partial charge on any atom is -0.494 e. The summed E-state index contributed by atoms with van der Waals surface area (Å²) in [7, 11) is 4.87. The molecule has 12 heteroatoms. The maximum absolute atomic E-state index is 12.4. The van der Waals surface area contributed by atoms with E-state index >= 15 is 0 Å². The van der Waals surface area contributed by atoms with Gasteiger partial charge in [0.15, 0.2) is 5.75 Å². The van der Waals surface area contributed by atoms with Gasteiger partial charge < -0.3 is 25.1 Å². The van der Waals surface area contributed by atoms with E-state index in [-0.39, 0.29) is 23.2 Å². The minimum absolute atomic E-state index is 0.255. The molecule has 12 nitrogen and oxygen atoms in total. The number of hydrogen-bond acceptors (Lipinski definition) is 10. The van der Waals surface area contributed by atoms with Gasteiger partial charge in [-0.2, -0.15) is 10.1 Å². The lowest BCUT2D eigenvalue weighted by atomic mass is 10.1. The molecular weight excluding hydrogens is 414 g/mol. The largest absolute Gasteiger partial charge is 0.494 e. The summed E-state index contributed by atoms with van der Waals surface area (Å²) in [6, 6.07) is 5.39. The van der Waals surface area contributed by atoms with Crippen molar-refractivity contribution in [2.75, 3.05) is 24.8 Å². The predicted octanol–water partition coefficient (Wildman–Crippen LogP) is 2.42. The van der Waals surface area contributed by atoms with E-state index in [9.17, 15) is 4.79 Å². The van der Waals surface area contributed by atoms with Crippen molar-refractivity contribution in [3.8, 4) is 17.2 Å². The van der Waals surface area contributed by atoms with Gasteiger partial charge in [-0.05, 0) is 12.1 Å². The number of ether oxygens (including phenoxy) is 1. The average molecular weight is 435 g/mol. The lowest BCUT2D eigenvalue weighted by Gasteiger charge is -2.15. The number of anilines is 4. The SMILES string of the molecule is CNC(=O)c1cnc(Nc2cnn(C)c2)nc1Nc1cccc(-c2nnc(C)o2)c1OC. The van der Waals surface area contributed by atoms with Crippen molar-refractivity contribution >= 4 is 29.0 Å². The second kappa shape index (κ2) is 8.71. The number of amides is 1. The third kappa shape index (κ3) is 4.19. The quantitative estimate of drug-likeness (QED) is 0.396. The van der Waals surface area contributed by atoms with E-state index in [1.165, 1.54) is 20.4 Å². The molecule has 0 saturated heterocycles. The molecule has 4 rings (SSSR count). The van der Waals surface area contributed by atoms with E-state index < -0.39 is 0 Å². The van der Waals surface area contributed by atoms with Crippen LogP contribution in [0.4, 0.5) is 23.1 Å². The molecule has 0 spiro atoms. The number of methoxy groups -OCH3 is 1. The highest BCUT2D eigenvalue weighted by atomic mass is 16.5. The highest BCUT2D eigenvalue weighted by Crippen LogP contribution is 2.37. The molecule has 0 aliphatic carbocycles. The van der Waals surface area contributed by atoms with Crippen LogP contribution in [0.25, 0.3) is 11.5 Å². The summed E-state index contributed by atoms with van der Waals surface area (Å²) >= 11 is 0. The Balaban J connectivity index is 1.73. The summed E-state index contributed by atoms with van der Waals surface area (Å²) in [5, 5.41) is 20.9. The molecule has 32 heavy (non-hydrogen) atoms. The summed E-state index contributed by atoms with van der Waals surface area (Å²) in [6.45, 7) is 1.71. The number of hydrogen-bond donors (Lipinski definition) is 3. The Kier molecular flexibility index (Phi) is 5.66. The Labute approximate surface area is 183 Å². The molecule has 164 valence electrons. The first-order valence-corrected chi connectivity index (χ1v) is 9.57. The van der Waals surface area contributed by atoms with Crippen molar-refractivity contribution in [1.29, 1.82) is 0 Å². The predicted molar refractivity (Wildman–Crippen MR) is 116 cm³/mol. The number of carbonyl (C=O) groups excluding carboxylic acids is 1. The van der Waals surface area contributed by atoms with Crippen LogP contribution in [0.3, 0.4) is 0 Å². The second-order valence-corrected chi connectivity index (χ2v) is 6.70. The van der Waals surface area contributed by atoms with Crippen molar-refractivity contribution in [3.63, 3.8) is 0 Å². The smallest absolute Gasteiger partial charge is 0.256 e. The van der Waals surface area contributed by atoms with Crippen molar-refractivity contribution < 1.29 is 13.9 Å². The van der Waals surface area contributed by atoms with Crippen LogP contribution >= 0.6 is 0 Å². The van der Waals surface area contributed by atoms with Gasteiger partial charge in [-0.3, -0.25) is 9.48 Å². The fourth-order valence-corrected chi connectivity index (χ4v) is 3.01. The van der Waals surface area contributed by atoms with E-state index in [0.717, 1.165) is 0 Å². The summed E-state index contributed by atoms with van der Waals surface area (Å²) in [6.07, 6.45) is 4.86. The zero-order valence-corrected chi connectivity index (χ0v) is 17.9. The van der Waals surface area contributed by atoms with Crippen LogP contribution in [-0.4, -0.2) is 50.0 Å². The Bertz CT molecular complexity index is 1260. The van der Waals surface area contributed by atoms with Gasteiger partial charge in [0.25, 0.3) is 11.8 Å². The molecule has 1 amide bonds. The van der Waals surface area contributed by atoms with Gasteiger partial charge in [0, 0.05) is 33.4 Å². The molecule has 0 fully saturated rings. The Morgan fingerprint density at radius 2 is 2.03 bits per heavy atom. The molecule has 1 aromatic carbocycles. The van der Waals surface area contributed by atoms with Gasteiger partial charge in [-0.1, -0.05) is 6.07 Å². The first-order chi connectivity index (χ1) is 15.5. The van der Waals surface area contributed by atoms with E-state index in [0.29, 0.717) is 34.5 Å². The normalized spacial score (nSPS) is 10.6. The van der Waals surface area contributed by atoms with Gasteiger partial charge in [0.2, 0.25) is 11.8 Å². The number of aryl methyl sites for hydroxylation is 2. The minimum atomic E-state index is -0.344. The van der Waals surface area contributed by atoms with Crippen LogP contribution in [0.1, 0.15) is 16.2 Å². The van der Waals surface area contributed by atoms with Crippen molar-refractivity contribution in [3.05, 3.63) is 48.2 Å². The van der Waals surface area contributed by atoms with Crippen LogP contribution in [0.2, 0.25) is 0 Å². The number of nitrogens with one attached hydrogen (secondary N) is 3. The molecule has 0 unspecified atom stereocenters. The van der Waals surface area contributed by atoms with Crippen LogP contribution in [0, 0.1) is 6.92 Å². The molecule has 0 atom stereocenters. The number of benzene rings is 1. The maximum Gasteiger partial charge on any atom is 0.256 e. The zero-order valence-electron chi connectivity index (χ0n) is 17.9. The molecule has 0 aliphatic heterocycles. The van der Waals surface area contributed by atoms with E-state index in [2.05, 4.69) is 41.2 Å². The third-order valence-corrected chi connectivity index (χ3v) is 4.45. The van der Waals surface area contributed by atoms with Crippen LogP contribution in [-0.2, 0) is 7.05 Å². The Hall–Kier alpha value is -4.48. The number of nitrogens with zero attached hydrogens (tertiary/aromatic N) is 6. The average Bonchev–Trinajstić information content (AvgIpc) is 3.41. The zero-order chi connectivity index (χ0) is 22.7. The lowest BCUT2D eigenvalue weighted by Crippen LogP contribution is -2.20. The van der Waals surface area contributed by atoms with Crippen molar-refractivity contribution in [2.45, 2.75) is 6.92 Å². The molecule has 4 aromatic rings. The molecular formula is C20H21N9O3. The van der Waals surface area contributed by atoms with E-state index in [1.54, 1.807) is 49.2 Å². The third-order valence-electron chi connectivity index (χ3n) is 4.45. The fraction of sp³-hybridized carbons (Fsp3) is 0.200. The van der Waals surface area contributed by atoms with Crippen molar-refractivity contribution in [2.24, 2.45) is 7.05 Å². The van der Waals surface area contributed by atoms with Gasteiger partial charge >= 0.3 is 0 Å². The Morgan fingerprint density at radius 1 is 1.19 bits per heavy atom. The lowest BCUT2D eigenvalue weighted by molar-refractivity contribution is 0.0963. The maximum atomic E-state index is 12.4. The summed E-state index contributed by atoms with van der Waals surface area (Å²) in [5.74, 6) is 1.43. The number of para-hydroxylation sites is 1. The molecule has 0 saturated carbocycles. The van der Waals surface area contributed by atoms with Gasteiger partial charge in [-0.25, -0.2) is 4.98 Å². The van der Waals surface area contributed by atoms with E-state index in [4.69, 9.17) is 9.15 Å².